The van der Waals surface area contributed by atoms with Crippen molar-refractivity contribution in [2.45, 2.75) is 26.9 Å². The molecular formula is C12H15FN4. The molecule has 0 aliphatic heterocycles. The summed E-state index contributed by atoms with van der Waals surface area (Å²) in [5.74, 6) is 0.548. The molecule has 0 bridgehead atoms. The predicted molar refractivity (Wildman–Crippen MR) is 64.2 cm³/mol. The van der Waals surface area contributed by atoms with Crippen molar-refractivity contribution >= 4 is 5.69 Å². The molecule has 1 heterocycles. The lowest BCUT2D eigenvalue weighted by Crippen LogP contribution is -2.09. The number of hydrogen-bond acceptors (Lipinski definition) is 3. The summed E-state index contributed by atoms with van der Waals surface area (Å²) in [6.45, 7) is 5.14. The van der Waals surface area contributed by atoms with Crippen LogP contribution in [-0.4, -0.2) is 14.8 Å². The van der Waals surface area contributed by atoms with E-state index in [9.17, 15) is 4.39 Å². The molecule has 5 heteroatoms. The van der Waals surface area contributed by atoms with E-state index in [0.29, 0.717) is 12.2 Å². The van der Waals surface area contributed by atoms with Crippen LogP contribution in [0.15, 0.2) is 24.5 Å². The van der Waals surface area contributed by atoms with Crippen LogP contribution in [0.5, 0.6) is 0 Å². The first kappa shape index (κ1) is 11.6. The van der Waals surface area contributed by atoms with Gasteiger partial charge in [0, 0.05) is 6.54 Å². The van der Waals surface area contributed by atoms with Gasteiger partial charge in [0.15, 0.2) is 0 Å². The van der Waals surface area contributed by atoms with Gasteiger partial charge in [-0.2, -0.15) is 5.10 Å². The lowest BCUT2D eigenvalue weighted by molar-refractivity contribution is 0.614. The number of hydrogen-bond donors (Lipinski definition) is 1. The van der Waals surface area contributed by atoms with E-state index in [1.54, 1.807) is 16.8 Å². The van der Waals surface area contributed by atoms with Gasteiger partial charge in [0.05, 0.1) is 12.2 Å². The van der Waals surface area contributed by atoms with Crippen LogP contribution in [0.25, 0.3) is 0 Å². The van der Waals surface area contributed by atoms with E-state index in [-0.39, 0.29) is 5.82 Å². The minimum absolute atomic E-state index is 0.252. The number of nitrogens with one attached hydrogen (secondary N) is 1. The maximum atomic E-state index is 13.5. The second-order valence-corrected chi connectivity index (χ2v) is 3.83. The molecule has 0 unspecified atom stereocenters. The van der Waals surface area contributed by atoms with Crippen LogP contribution in [0.4, 0.5) is 10.1 Å². The third-order valence-electron chi connectivity index (χ3n) is 2.55. The molecule has 4 nitrogen and oxygen atoms in total. The monoisotopic (exact) mass is 234 g/mol. The Balaban J connectivity index is 2.09. The maximum Gasteiger partial charge on any atom is 0.146 e. The summed E-state index contributed by atoms with van der Waals surface area (Å²) >= 11 is 0. The van der Waals surface area contributed by atoms with Crippen molar-refractivity contribution in [2.24, 2.45) is 0 Å². The first-order chi connectivity index (χ1) is 8.20. The van der Waals surface area contributed by atoms with Crippen molar-refractivity contribution < 1.29 is 4.39 Å². The van der Waals surface area contributed by atoms with Gasteiger partial charge >= 0.3 is 0 Å². The lowest BCUT2D eigenvalue weighted by Gasteiger charge is -2.08. The number of halogens is 1. The number of aromatic nitrogens is 3. The minimum Gasteiger partial charge on any atom is -0.375 e. The van der Waals surface area contributed by atoms with E-state index >= 15 is 0 Å². The molecule has 0 spiro atoms. The van der Waals surface area contributed by atoms with Gasteiger partial charge in [-0.25, -0.2) is 14.1 Å². The summed E-state index contributed by atoms with van der Waals surface area (Å²) in [6, 6.07) is 4.99. The van der Waals surface area contributed by atoms with Crippen molar-refractivity contribution in [1.82, 2.24) is 14.8 Å². The highest BCUT2D eigenvalue weighted by Crippen LogP contribution is 2.16. The van der Waals surface area contributed by atoms with Gasteiger partial charge in [0.1, 0.15) is 18.0 Å². The minimum atomic E-state index is -0.252. The van der Waals surface area contributed by atoms with E-state index in [1.807, 2.05) is 13.8 Å². The molecule has 0 fully saturated rings. The Kier molecular flexibility index (Phi) is 3.37. The molecule has 0 aliphatic carbocycles. The lowest BCUT2D eigenvalue weighted by atomic mass is 10.2. The highest BCUT2D eigenvalue weighted by molar-refractivity contribution is 5.46. The third kappa shape index (κ3) is 2.61. The third-order valence-corrected chi connectivity index (χ3v) is 2.55. The van der Waals surface area contributed by atoms with Crippen LogP contribution in [-0.2, 0) is 13.1 Å². The fourth-order valence-corrected chi connectivity index (χ4v) is 1.64. The van der Waals surface area contributed by atoms with Crippen molar-refractivity contribution in [2.75, 3.05) is 5.32 Å². The SMILES string of the molecule is CCn1ncnc1CNc1cc(C)ccc1F. The highest BCUT2D eigenvalue weighted by atomic mass is 19.1. The van der Waals surface area contributed by atoms with Gasteiger partial charge in [0.25, 0.3) is 0 Å². The number of benzene rings is 1. The molecule has 2 aromatic rings. The average molecular weight is 234 g/mol. The Morgan fingerprint density at radius 3 is 3.00 bits per heavy atom. The van der Waals surface area contributed by atoms with E-state index < -0.39 is 0 Å². The number of anilines is 1. The molecule has 1 aromatic heterocycles. The fourth-order valence-electron chi connectivity index (χ4n) is 1.64. The predicted octanol–water partition coefficient (Wildman–Crippen LogP) is 2.36. The Labute approximate surface area is 99.5 Å². The molecule has 1 aromatic carbocycles. The number of nitrogens with zero attached hydrogens (tertiary/aromatic N) is 3. The van der Waals surface area contributed by atoms with Gasteiger partial charge in [-0.3, -0.25) is 0 Å². The van der Waals surface area contributed by atoms with Crippen molar-refractivity contribution in [1.29, 1.82) is 0 Å². The summed E-state index contributed by atoms with van der Waals surface area (Å²) in [7, 11) is 0. The molecule has 0 atom stereocenters. The van der Waals surface area contributed by atoms with Crippen LogP contribution < -0.4 is 5.32 Å². The van der Waals surface area contributed by atoms with E-state index in [4.69, 9.17) is 0 Å². The molecule has 0 saturated heterocycles. The molecule has 0 aliphatic rings. The van der Waals surface area contributed by atoms with E-state index in [0.717, 1.165) is 17.9 Å². The summed E-state index contributed by atoms with van der Waals surface area (Å²) < 4.78 is 15.3. The second kappa shape index (κ2) is 4.95. The Morgan fingerprint density at radius 1 is 1.41 bits per heavy atom. The standard InChI is InChI=1S/C12H15FN4/c1-3-17-12(15-8-16-17)7-14-11-6-9(2)4-5-10(11)13/h4-6,8,14H,3,7H2,1-2H3. The second-order valence-electron chi connectivity index (χ2n) is 3.83. The van der Waals surface area contributed by atoms with Gasteiger partial charge < -0.3 is 5.32 Å². The topological polar surface area (TPSA) is 42.7 Å². The molecule has 1 N–H and O–H groups in total. The maximum absolute atomic E-state index is 13.5. The zero-order chi connectivity index (χ0) is 12.3. The smallest absolute Gasteiger partial charge is 0.146 e. The van der Waals surface area contributed by atoms with E-state index in [1.165, 1.54) is 12.4 Å². The number of aryl methyl sites for hydroxylation is 2. The van der Waals surface area contributed by atoms with Gasteiger partial charge in [-0.1, -0.05) is 6.07 Å². The van der Waals surface area contributed by atoms with E-state index in [2.05, 4.69) is 15.4 Å². The summed E-state index contributed by atoms with van der Waals surface area (Å²) in [5, 5.41) is 7.09. The first-order valence-electron chi connectivity index (χ1n) is 5.57. The Morgan fingerprint density at radius 2 is 2.24 bits per heavy atom. The number of rotatable bonds is 4. The quantitative estimate of drug-likeness (QED) is 0.883. The zero-order valence-corrected chi connectivity index (χ0v) is 9.94. The largest absolute Gasteiger partial charge is 0.375 e. The van der Waals surface area contributed by atoms with Crippen LogP contribution in [0.1, 0.15) is 18.3 Å². The van der Waals surface area contributed by atoms with Crippen molar-refractivity contribution in [3.63, 3.8) is 0 Å². The molecule has 2 rings (SSSR count). The van der Waals surface area contributed by atoms with Crippen LogP contribution in [0, 0.1) is 12.7 Å². The molecule has 90 valence electrons. The Hall–Kier alpha value is -1.91. The highest BCUT2D eigenvalue weighted by Gasteiger charge is 2.05. The molecule has 0 radical (unpaired) electrons. The van der Waals surface area contributed by atoms with Crippen LogP contribution in [0.3, 0.4) is 0 Å². The zero-order valence-electron chi connectivity index (χ0n) is 9.94. The van der Waals surface area contributed by atoms with Crippen molar-refractivity contribution in [3.05, 3.63) is 41.7 Å². The van der Waals surface area contributed by atoms with Gasteiger partial charge in [0.2, 0.25) is 0 Å². The molecule has 0 saturated carbocycles. The summed E-state index contributed by atoms with van der Waals surface area (Å²) in [5.41, 5.74) is 1.52. The summed E-state index contributed by atoms with van der Waals surface area (Å²) in [6.07, 6.45) is 1.51. The van der Waals surface area contributed by atoms with Crippen LogP contribution in [0.2, 0.25) is 0 Å². The normalized spacial score (nSPS) is 10.5. The summed E-state index contributed by atoms with van der Waals surface area (Å²) in [4.78, 5) is 4.12. The average Bonchev–Trinajstić information content (AvgIpc) is 2.77. The molecular weight excluding hydrogens is 219 g/mol. The van der Waals surface area contributed by atoms with Crippen LogP contribution >= 0.6 is 0 Å². The van der Waals surface area contributed by atoms with Crippen molar-refractivity contribution in [3.8, 4) is 0 Å². The molecule has 0 amide bonds. The fraction of sp³-hybridized carbons (Fsp3) is 0.333. The van der Waals surface area contributed by atoms with Gasteiger partial charge in [-0.15, -0.1) is 0 Å². The van der Waals surface area contributed by atoms with Gasteiger partial charge in [-0.05, 0) is 31.5 Å². The first-order valence-corrected chi connectivity index (χ1v) is 5.57. The molecule has 17 heavy (non-hydrogen) atoms. The Bertz CT molecular complexity index is 507.